The number of carbonyl (C=O) groups is 1. The minimum atomic E-state index is -0.112. The average molecular weight is 396 g/mol. The molecule has 0 spiro atoms. The molecule has 2 heterocycles. The quantitative estimate of drug-likeness (QED) is 0.514. The van der Waals surface area contributed by atoms with Crippen LogP contribution in [-0.2, 0) is 11.8 Å². The number of carbonyl (C=O) groups excluding carboxylic acids is 1. The van der Waals surface area contributed by atoms with Crippen LogP contribution in [0.5, 0.6) is 0 Å². The number of rotatable bonds is 5. The van der Waals surface area contributed by atoms with E-state index >= 15 is 0 Å². The Hall–Kier alpha value is -2.71. The van der Waals surface area contributed by atoms with Gasteiger partial charge < -0.3 is 9.88 Å². The van der Waals surface area contributed by atoms with E-state index in [1.165, 1.54) is 23.1 Å². The molecule has 0 bridgehead atoms. The first-order chi connectivity index (χ1) is 13.1. The molecular formula is C19H17N5OS2. The van der Waals surface area contributed by atoms with Crippen LogP contribution in [0.4, 0.5) is 5.13 Å². The van der Waals surface area contributed by atoms with Crippen molar-refractivity contribution in [2.75, 3.05) is 11.1 Å². The molecule has 1 N–H and O–H groups in total. The van der Waals surface area contributed by atoms with Crippen LogP contribution in [0.25, 0.3) is 21.6 Å². The lowest BCUT2D eigenvalue weighted by molar-refractivity contribution is -0.113. The number of aryl methyl sites for hydroxylation is 1. The maximum absolute atomic E-state index is 12.3. The van der Waals surface area contributed by atoms with Gasteiger partial charge >= 0.3 is 0 Å². The first-order valence-corrected chi connectivity index (χ1v) is 10.2. The van der Waals surface area contributed by atoms with Crippen molar-refractivity contribution in [1.29, 1.82) is 0 Å². The smallest absolute Gasteiger partial charge is 0.236 e. The maximum atomic E-state index is 12.3. The molecule has 0 saturated carbocycles. The van der Waals surface area contributed by atoms with Gasteiger partial charge in [0.1, 0.15) is 0 Å². The molecule has 4 rings (SSSR count). The normalized spacial score (nSPS) is 11.0. The van der Waals surface area contributed by atoms with Crippen molar-refractivity contribution in [3.8, 4) is 11.4 Å². The van der Waals surface area contributed by atoms with Gasteiger partial charge in [0.25, 0.3) is 0 Å². The molecule has 2 aromatic carbocycles. The van der Waals surface area contributed by atoms with Crippen molar-refractivity contribution < 1.29 is 4.79 Å². The van der Waals surface area contributed by atoms with Crippen molar-refractivity contribution in [3.05, 3.63) is 54.1 Å². The topological polar surface area (TPSA) is 72.7 Å². The number of thioether (sulfide) groups is 1. The summed E-state index contributed by atoms with van der Waals surface area (Å²) in [5.74, 6) is 0.928. The fourth-order valence-corrected chi connectivity index (χ4v) is 4.30. The summed E-state index contributed by atoms with van der Waals surface area (Å²) in [7, 11) is 1.91. The second kappa shape index (κ2) is 7.50. The number of benzene rings is 2. The Morgan fingerprint density at radius 1 is 1.15 bits per heavy atom. The Morgan fingerprint density at radius 2 is 1.93 bits per heavy atom. The number of amides is 1. The van der Waals surface area contributed by atoms with E-state index in [2.05, 4.69) is 20.5 Å². The van der Waals surface area contributed by atoms with Crippen molar-refractivity contribution in [3.63, 3.8) is 0 Å². The third-order valence-corrected chi connectivity index (χ3v) is 6.07. The number of hydrogen-bond acceptors (Lipinski definition) is 6. The summed E-state index contributed by atoms with van der Waals surface area (Å²) in [6, 6.07) is 15.9. The summed E-state index contributed by atoms with van der Waals surface area (Å²) in [4.78, 5) is 16.7. The highest BCUT2D eigenvalue weighted by atomic mass is 32.2. The molecule has 27 heavy (non-hydrogen) atoms. The average Bonchev–Trinajstić information content (AvgIpc) is 3.23. The highest BCUT2D eigenvalue weighted by Crippen LogP contribution is 2.27. The summed E-state index contributed by atoms with van der Waals surface area (Å²) < 4.78 is 2.97. The van der Waals surface area contributed by atoms with Gasteiger partial charge in [-0.05, 0) is 24.6 Å². The Kier molecular flexibility index (Phi) is 4.91. The molecule has 0 unspecified atom stereocenters. The Bertz CT molecular complexity index is 1090. The van der Waals surface area contributed by atoms with Crippen LogP contribution in [-0.4, -0.2) is 31.4 Å². The van der Waals surface area contributed by atoms with Gasteiger partial charge in [0.15, 0.2) is 16.1 Å². The monoisotopic (exact) mass is 395 g/mol. The number of thiazole rings is 1. The number of fused-ring (bicyclic) bond motifs is 1. The molecule has 1 amide bonds. The number of anilines is 1. The standard InChI is InChI=1S/C19H17N5OS2/c1-12-7-3-4-8-13(12)17-22-23-19(24(17)2)26-11-16(25)21-18-20-14-9-5-6-10-15(14)27-18/h3-10H,11H2,1-2H3,(H,20,21,25). The molecule has 0 radical (unpaired) electrons. The van der Waals surface area contributed by atoms with Crippen LogP contribution in [0.1, 0.15) is 5.56 Å². The van der Waals surface area contributed by atoms with Crippen LogP contribution >= 0.6 is 23.1 Å². The zero-order valence-corrected chi connectivity index (χ0v) is 16.5. The predicted molar refractivity (Wildman–Crippen MR) is 110 cm³/mol. The lowest BCUT2D eigenvalue weighted by Gasteiger charge is -2.06. The zero-order chi connectivity index (χ0) is 18.8. The van der Waals surface area contributed by atoms with Gasteiger partial charge in [-0.15, -0.1) is 10.2 Å². The van der Waals surface area contributed by atoms with Crippen LogP contribution < -0.4 is 5.32 Å². The van der Waals surface area contributed by atoms with E-state index in [1.54, 1.807) is 0 Å². The first kappa shape index (κ1) is 17.7. The molecule has 6 nitrogen and oxygen atoms in total. The molecule has 2 aromatic heterocycles. The van der Waals surface area contributed by atoms with Gasteiger partial charge in [0.2, 0.25) is 5.91 Å². The molecule has 136 valence electrons. The van der Waals surface area contributed by atoms with E-state index in [0.717, 1.165) is 27.2 Å². The van der Waals surface area contributed by atoms with Crippen molar-refractivity contribution in [2.24, 2.45) is 7.05 Å². The molecule has 0 aliphatic rings. The number of aromatic nitrogens is 4. The molecule has 0 saturated heterocycles. The van der Waals surface area contributed by atoms with E-state index in [9.17, 15) is 4.79 Å². The molecule has 8 heteroatoms. The predicted octanol–water partition coefficient (Wildman–Crippen LogP) is 4.13. The first-order valence-electron chi connectivity index (χ1n) is 8.35. The van der Waals surface area contributed by atoms with E-state index in [-0.39, 0.29) is 11.7 Å². The van der Waals surface area contributed by atoms with E-state index in [0.29, 0.717) is 10.3 Å². The van der Waals surface area contributed by atoms with Crippen LogP contribution in [0.3, 0.4) is 0 Å². The van der Waals surface area contributed by atoms with Crippen molar-refractivity contribution in [2.45, 2.75) is 12.1 Å². The van der Waals surface area contributed by atoms with Gasteiger partial charge in [-0.3, -0.25) is 4.79 Å². The fraction of sp³-hybridized carbons (Fsp3) is 0.158. The minimum Gasteiger partial charge on any atom is -0.305 e. The molecular weight excluding hydrogens is 378 g/mol. The molecule has 0 aliphatic carbocycles. The van der Waals surface area contributed by atoms with Gasteiger partial charge in [0, 0.05) is 12.6 Å². The lowest BCUT2D eigenvalue weighted by atomic mass is 10.1. The van der Waals surface area contributed by atoms with Gasteiger partial charge in [-0.1, -0.05) is 59.5 Å². The lowest BCUT2D eigenvalue weighted by Crippen LogP contribution is -2.14. The Labute approximate surface area is 164 Å². The van der Waals surface area contributed by atoms with E-state index in [4.69, 9.17) is 0 Å². The van der Waals surface area contributed by atoms with Crippen molar-refractivity contribution in [1.82, 2.24) is 19.7 Å². The third kappa shape index (κ3) is 3.72. The van der Waals surface area contributed by atoms with E-state index < -0.39 is 0 Å². The number of nitrogens with one attached hydrogen (secondary N) is 1. The van der Waals surface area contributed by atoms with Gasteiger partial charge in [-0.25, -0.2) is 4.98 Å². The summed E-state index contributed by atoms with van der Waals surface area (Å²) in [5, 5.41) is 12.7. The zero-order valence-electron chi connectivity index (χ0n) is 14.8. The largest absolute Gasteiger partial charge is 0.305 e. The van der Waals surface area contributed by atoms with Crippen LogP contribution in [0.15, 0.2) is 53.7 Å². The van der Waals surface area contributed by atoms with E-state index in [1.807, 2.05) is 67.1 Å². The maximum Gasteiger partial charge on any atom is 0.236 e. The van der Waals surface area contributed by atoms with Crippen LogP contribution in [0.2, 0.25) is 0 Å². The summed E-state index contributed by atoms with van der Waals surface area (Å²) in [6.45, 7) is 2.04. The number of hydrogen-bond donors (Lipinski definition) is 1. The minimum absolute atomic E-state index is 0.112. The second-order valence-corrected chi connectivity index (χ2v) is 7.98. The Morgan fingerprint density at radius 3 is 2.74 bits per heavy atom. The molecule has 4 aromatic rings. The van der Waals surface area contributed by atoms with Crippen LogP contribution in [0, 0.1) is 6.92 Å². The Balaban J connectivity index is 1.43. The van der Waals surface area contributed by atoms with Gasteiger partial charge in [-0.2, -0.15) is 0 Å². The van der Waals surface area contributed by atoms with Crippen molar-refractivity contribution >= 4 is 44.4 Å². The summed E-state index contributed by atoms with van der Waals surface area (Å²) >= 11 is 2.82. The fourth-order valence-electron chi connectivity index (χ4n) is 2.71. The SMILES string of the molecule is Cc1ccccc1-c1nnc(SCC(=O)Nc2nc3ccccc3s2)n1C. The highest BCUT2D eigenvalue weighted by Gasteiger charge is 2.15. The van der Waals surface area contributed by atoms with Gasteiger partial charge in [0.05, 0.1) is 16.0 Å². The number of nitrogens with zero attached hydrogens (tertiary/aromatic N) is 4. The molecule has 0 atom stereocenters. The summed E-state index contributed by atoms with van der Waals surface area (Å²) in [6.07, 6.45) is 0. The highest BCUT2D eigenvalue weighted by molar-refractivity contribution is 7.99. The third-order valence-electron chi connectivity index (χ3n) is 4.09. The molecule has 0 aliphatic heterocycles. The molecule has 0 fully saturated rings. The second-order valence-electron chi connectivity index (χ2n) is 6.00. The summed E-state index contributed by atoms with van der Waals surface area (Å²) in [5.41, 5.74) is 3.07. The number of para-hydroxylation sites is 1.